The molecular weight excluding hydrogens is 614 g/mol. The number of hydrogen-bond acceptors (Lipinski definition) is 5. The fraction of sp³-hybridized carbons (Fsp3) is 0.0667. The highest BCUT2D eigenvalue weighted by Crippen LogP contribution is 2.44. The van der Waals surface area contributed by atoms with Crippen molar-refractivity contribution in [2.75, 3.05) is 4.90 Å². The maximum absolute atomic E-state index is 13.9. The van der Waals surface area contributed by atoms with Crippen LogP contribution in [0.5, 0.6) is 5.06 Å². The van der Waals surface area contributed by atoms with Gasteiger partial charge in [0.2, 0.25) is 5.06 Å². The second-order valence-corrected chi connectivity index (χ2v) is 10.7. The van der Waals surface area contributed by atoms with E-state index in [0.29, 0.717) is 9.90 Å². The van der Waals surface area contributed by atoms with E-state index in [0.717, 1.165) is 29.0 Å². The zero-order chi connectivity index (χ0) is 30.0. The Morgan fingerprint density at radius 3 is 2.33 bits per heavy atom. The number of rotatable bonds is 7. The third-order valence-corrected chi connectivity index (χ3v) is 7.66. The van der Waals surface area contributed by atoms with Crippen molar-refractivity contribution in [3.63, 3.8) is 0 Å². The molecule has 12 heteroatoms. The Morgan fingerprint density at radius 1 is 0.905 bits per heavy atom. The maximum Gasteiger partial charge on any atom is 0.512 e. The summed E-state index contributed by atoms with van der Waals surface area (Å²) in [7, 11) is 0. The van der Waals surface area contributed by atoms with Gasteiger partial charge in [-0.15, -0.1) is 0 Å². The average molecular weight is 632 g/mol. The summed E-state index contributed by atoms with van der Waals surface area (Å²) in [6, 6.07) is 22.6. The number of thiophene rings is 1. The summed E-state index contributed by atoms with van der Waals surface area (Å²) in [6.45, 7) is -0.238. The first-order chi connectivity index (χ1) is 20.0. The van der Waals surface area contributed by atoms with E-state index in [1.165, 1.54) is 47.4 Å². The number of carboxylic acid groups (broad SMARTS) is 1. The van der Waals surface area contributed by atoms with Gasteiger partial charge in [-0.3, -0.25) is 9.69 Å². The Bertz CT molecular complexity index is 1770. The van der Waals surface area contributed by atoms with Gasteiger partial charge in [0.05, 0.1) is 28.4 Å². The van der Waals surface area contributed by atoms with Gasteiger partial charge < -0.3 is 14.3 Å². The van der Waals surface area contributed by atoms with Crippen LogP contribution in [0.1, 0.15) is 21.7 Å². The summed E-state index contributed by atoms with van der Waals surface area (Å²) in [5.74, 6) is -0.277. The number of alkyl halides is 3. The van der Waals surface area contributed by atoms with Crippen molar-refractivity contribution >= 4 is 52.3 Å². The van der Waals surface area contributed by atoms with Gasteiger partial charge in [-0.1, -0.05) is 77.0 Å². The first-order valence-corrected chi connectivity index (χ1v) is 13.7. The molecule has 0 saturated heterocycles. The number of anilines is 1. The Kier molecular flexibility index (Phi) is 8.31. The molecule has 6 nitrogen and oxygen atoms in total. The summed E-state index contributed by atoms with van der Waals surface area (Å²) in [5, 5.41) is 9.71. The largest absolute Gasteiger partial charge is 0.512 e. The molecule has 214 valence electrons. The number of benzene rings is 3. The number of carbonyl (C=O) groups is 2. The monoisotopic (exact) mass is 631 g/mol. The van der Waals surface area contributed by atoms with Crippen LogP contribution in [0.4, 0.5) is 23.7 Å². The number of furan rings is 1. The van der Waals surface area contributed by atoms with Gasteiger partial charge in [0.15, 0.2) is 0 Å². The van der Waals surface area contributed by atoms with Crippen molar-refractivity contribution in [3.8, 4) is 26.8 Å². The molecule has 2 aromatic heterocycles. The second kappa shape index (κ2) is 11.9. The van der Waals surface area contributed by atoms with Crippen molar-refractivity contribution in [2.24, 2.45) is 0 Å². The van der Waals surface area contributed by atoms with Crippen LogP contribution in [0.25, 0.3) is 21.8 Å². The van der Waals surface area contributed by atoms with Crippen LogP contribution in [0.3, 0.4) is 0 Å². The standard InChI is InChI=1S/C30H18Cl2F3NO5S/c31-20-9-11-22(23(32)14-20)27(37)36(24-15-26(17-5-2-1-3-6-17)42-28(24)41-29(38)39)16-21-10-12-25(40-21)18-7-4-8-19(13-18)30(33,34)35/h1-15H,16H2,(H,38,39). The third-order valence-electron chi connectivity index (χ3n) is 6.07. The van der Waals surface area contributed by atoms with E-state index in [1.54, 1.807) is 18.2 Å². The summed E-state index contributed by atoms with van der Waals surface area (Å²) < 4.78 is 50.7. The van der Waals surface area contributed by atoms with Crippen LogP contribution in [0.2, 0.25) is 10.0 Å². The molecule has 5 rings (SSSR count). The van der Waals surface area contributed by atoms with Crippen LogP contribution < -0.4 is 9.64 Å². The van der Waals surface area contributed by atoms with Crippen molar-refractivity contribution < 1.29 is 37.0 Å². The number of amides is 1. The lowest BCUT2D eigenvalue weighted by atomic mass is 10.1. The molecule has 0 saturated carbocycles. The molecule has 1 amide bonds. The van der Waals surface area contributed by atoms with Gasteiger partial charge in [-0.05, 0) is 54.1 Å². The van der Waals surface area contributed by atoms with Crippen LogP contribution in [-0.2, 0) is 12.7 Å². The molecule has 2 heterocycles. The van der Waals surface area contributed by atoms with Crippen molar-refractivity contribution in [1.82, 2.24) is 0 Å². The Balaban J connectivity index is 1.58. The lowest BCUT2D eigenvalue weighted by Crippen LogP contribution is -2.30. The lowest BCUT2D eigenvalue weighted by Gasteiger charge is -2.22. The zero-order valence-electron chi connectivity index (χ0n) is 21.2. The zero-order valence-corrected chi connectivity index (χ0v) is 23.5. The van der Waals surface area contributed by atoms with Crippen LogP contribution in [-0.4, -0.2) is 17.2 Å². The molecule has 0 unspecified atom stereocenters. The van der Waals surface area contributed by atoms with Gasteiger partial charge in [-0.2, -0.15) is 13.2 Å². The molecule has 5 aromatic rings. The second-order valence-electron chi connectivity index (χ2n) is 8.88. The molecule has 0 bridgehead atoms. The predicted octanol–water partition coefficient (Wildman–Crippen LogP) is 9.90. The van der Waals surface area contributed by atoms with Gasteiger partial charge in [0.25, 0.3) is 5.91 Å². The number of nitrogens with zero attached hydrogens (tertiary/aromatic N) is 1. The number of halogens is 5. The summed E-state index contributed by atoms with van der Waals surface area (Å²) in [4.78, 5) is 27.4. The van der Waals surface area contributed by atoms with Crippen molar-refractivity contribution in [1.29, 1.82) is 0 Å². The minimum absolute atomic E-state index is 0.0563. The fourth-order valence-corrected chi connectivity index (χ4v) is 5.65. The molecule has 0 radical (unpaired) electrons. The van der Waals surface area contributed by atoms with Crippen LogP contribution in [0, 0.1) is 0 Å². The summed E-state index contributed by atoms with van der Waals surface area (Å²) in [5.41, 5.74) is 0.292. The molecule has 0 spiro atoms. The smallest absolute Gasteiger partial charge is 0.459 e. The van der Waals surface area contributed by atoms with E-state index in [9.17, 15) is 27.9 Å². The van der Waals surface area contributed by atoms with Crippen molar-refractivity contribution in [3.05, 3.63) is 118 Å². The lowest BCUT2D eigenvalue weighted by molar-refractivity contribution is -0.137. The predicted molar refractivity (Wildman–Crippen MR) is 155 cm³/mol. The Morgan fingerprint density at radius 2 is 1.64 bits per heavy atom. The molecule has 0 aliphatic heterocycles. The molecule has 0 fully saturated rings. The highest BCUT2D eigenvalue weighted by molar-refractivity contribution is 7.18. The SMILES string of the molecule is O=C(O)Oc1sc(-c2ccccc2)cc1N(Cc1ccc(-c2cccc(C(F)(F)F)c2)o1)C(=O)c1ccc(Cl)cc1Cl. The van der Waals surface area contributed by atoms with E-state index in [-0.39, 0.29) is 45.0 Å². The van der Waals surface area contributed by atoms with E-state index in [1.807, 2.05) is 18.2 Å². The first-order valence-electron chi connectivity index (χ1n) is 12.1. The number of carbonyl (C=O) groups excluding carboxylic acids is 1. The Hall–Kier alpha value is -4.25. The van der Waals surface area contributed by atoms with Gasteiger partial charge in [-0.25, -0.2) is 4.79 Å². The van der Waals surface area contributed by atoms with Gasteiger partial charge in [0.1, 0.15) is 11.5 Å². The number of ether oxygens (including phenoxy) is 1. The fourth-order valence-electron chi connectivity index (χ4n) is 4.15. The van der Waals surface area contributed by atoms with Crippen LogP contribution in [0.15, 0.2) is 95.4 Å². The van der Waals surface area contributed by atoms with Crippen molar-refractivity contribution in [2.45, 2.75) is 12.7 Å². The van der Waals surface area contributed by atoms with E-state index < -0.39 is 23.8 Å². The average Bonchev–Trinajstić information content (AvgIpc) is 3.58. The topological polar surface area (TPSA) is 80.0 Å². The minimum Gasteiger partial charge on any atom is -0.459 e. The Labute approximate surface area is 251 Å². The molecule has 3 aromatic carbocycles. The minimum atomic E-state index is -4.54. The van der Waals surface area contributed by atoms with E-state index in [4.69, 9.17) is 32.4 Å². The van der Waals surface area contributed by atoms with Gasteiger partial charge in [0, 0.05) is 15.5 Å². The normalized spacial score (nSPS) is 11.4. The van der Waals surface area contributed by atoms with E-state index >= 15 is 0 Å². The number of hydrogen-bond donors (Lipinski definition) is 1. The van der Waals surface area contributed by atoms with E-state index in [2.05, 4.69) is 0 Å². The first kappa shape index (κ1) is 29.2. The quantitative estimate of drug-likeness (QED) is 0.181. The molecule has 0 atom stereocenters. The van der Waals surface area contributed by atoms with Gasteiger partial charge >= 0.3 is 12.3 Å². The molecule has 1 N–H and O–H groups in total. The third kappa shape index (κ3) is 6.46. The van der Waals surface area contributed by atoms with Crippen LogP contribution >= 0.6 is 34.5 Å². The maximum atomic E-state index is 13.9. The molecule has 42 heavy (non-hydrogen) atoms. The highest BCUT2D eigenvalue weighted by atomic mass is 35.5. The highest BCUT2D eigenvalue weighted by Gasteiger charge is 2.31. The molecular formula is C30H18Cl2F3NO5S. The summed E-state index contributed by atoms with van der Waals surface area (Å²) in [6.07, 6.45) is -6.12. The molecule has 0 aliphatic carbocycles. The molecule has 0 aliphatic rings. The summed E-state index contributed by atoms with van der Waals surface area (Å²) >= 11 is 13.4.